The maximum Gasteiger partial charge on any atom is 0.111 e. The Morgan fingerprint density at radius 3 is 2.40 bits per heavy atom. The molecule has 0 spiro atoms. The van der Waals surface area contributed by atoms with E-state index in [2.05, 4.69) is 38.3 Å². The van der Waals surface area contributed by atoms with Crippen LogP contribution >= 0.6 is 23.2 Å². The van der Waals surface area contributed by atoms with E-state index in [1.807, 2.05) is 12.1 Å². The number of alkyl halides is 1. The molecule has 1 heterocycles. The van der Waals surface area contributed by atoms with E-state index in [0.717, 1.165) is 28.3 Å². The summed E-state index contributed by atoms with van der Waals surface area (Å²) < 4.78 is 2.38. The predicted octanol–water partition coefficient (Wildman–Crippen LogP) is 5.08. The topological polar surface area (TPSA) is 17.8 Å². The first kappa shape index (κ1) is 14.2. The summed E-state index contributed by atoms with van der Waals surface area (Å²) in [6, 6.07) is 6.41. The Morgan fingerprint density at radius 1 is 1.20 bits per heavy atom. The molecule has 0 radical (unpaired) electrons. The SMILES string of the molecule is CC1(C)C(n2c(CCCl)nc3cc(Cl)ccc32)C1(C)C. The smallest absolute Gasteiger partial charge is 0.111 e. The number of imidazole rings is 1. The Hall–Kier alpha value is -0.730. The van der Waals surface area contributed by atoms with Crippen LogP contribution in [0.5, 0.6) is 0 Å². The van der Waals surface area contributed by atoms with Crippen LogP contribution in [-0.4, -0.2) is 15.4 Å². The van der Waals surface area contributed by atoms with Gasteiger partial charge < -0.3 is 4.57 Å². The molecule has 1 fully saturated rings. The number of hydrogen-bond acceptors (Lipinski definition) is 1. The monoisotopic (exact) mass is 310 g/mol. The van der Waals surface area contributed by atoms with Gasteiger partial charge in [-0.2, -0.15) is 0 Å². The highest BCUT2D eigenvalue weighted by molar-refractivity contribution is 6.31. The highest BCUT2D eigenvalue weighted by atomic mass is 35.5. The zero-order chi connectivity index (χ0) is 14.7. The van der Waals surface area contributed by atoms with Crippen LogP contribution in [0.4, 0.5) is 0 Å². The zero-order valence-corrected chi connectivity index (χ0v) is 13.9. The van der Waals surface area contributed by atoms with Gasteiger partial charge in [-0.1, -0.05) is 39.3 Å². The van der Waals surface area contributed by atoms with Crippen molar-refractivity contribution in [1.82, 2.24) is 9.55 Å². The van der Waals surface area contributed by atoms with Gasteiger partial charge in [-0.05, 0) is 29.0 Å². The molecule has 3 rings (SSSR count). The van der Waals surface area contributed by atoms with Gasteiger partial charge >= 0.3 is 0 Å². The lowest BCUT2D eigenvalue weighted by atomic mass is 10.0. The third-order valence-electron chi connectivity index (χ3n) is 5.25. The normalized spacial score (nSPS) is 20.5. The van der Waals surface area contributed by atoms with Gasteiger partial charge in [-0.25, -0.2) is 4.98 Å². The lowest BCUT2D eigenvalue weighted by molar-refractivity contribution is 0.457. The summed E-state index contributed by atoms with van der Waals surface area (Å²) in [4.78, 5) is 4.75. The van der Waals surface area contributed by atoms with Crippen molar-refractivity contribution in [2.45, 2.75) is 40.2 Å². The van der Waals surface area contributed by atoms with Gasteiger partial charge in [0.05, 0.1) is 11.0 Å². The molecule has 2 nitrogen and oxygen atoms in total. The maximum atomic E-state index is 6.09. The second-order valence-electron chi connectivity index (χ2n) is 6.82. The molecule has 2 aromatic rings. The Morgan fingerprint density at radius 2 is 1.85 bits per heavy atom. The van der Waals surface area contributed by atoms with E-state index < -0.39 is 0 Å². The van der Waals surface area contributed by atoms with Gasteiger partial charge in [0, 0.05) is 23.4 Å². The molecule has 0 unspecified atom stereocenters. The van der Waals surface area contributed by atoms with Crippen LogP contribution in [0.1, 0.15) is 39.6 Å². The first-order valence-corrected chi connectivity index (χ1v) is 7.94. The van der Waals surface area contributed by atoms with E-state index in [-0.39, 0.29) is 10.8 Å². The van der Waals surface area contributed by atoms with Crippen molar-refractivity contribution < 1.29 is 0 Å². The average molecular weight is 311 g/mol. The molecule has 0 bridgehead atoms. The summed E-state index contributed by atoms with van der Waals surface area (Å²) in [6.07, 6.45) is 0.788. The lowest BCUT2D eigenvalue weighted by Gasteiger charge is -2.11. The minimum Gasteiger partial charge on any atom is -0.324 e. The third-order valence-corrected chi connectivity index (χ3v) is 5.67. The molecular formula is C16H20Cl2N2. The summed E-state index contributed by atoms with van der Waals surface area (Å²) >= 11 is 12.0. The molecule has 0 N–H and O–H groups in total. The second kappa shape index (κ2) is 4.38. The van der Waals surface area contributed by atoms with Crippen molar-refractivity contribution in [3.63, 3.8) is 0 Å². The molecule has 0 atom stereocenters. The summed E-state index contributed by atoms with van der Waals surface area (Å²) in [6.45, 7) is 9.29. The molecule has 1 aromatic heterocycles. The van der Waals surface area contributed by atoms with Crippen LogP contribution in [0.25, 0.3) is 11.0 Å². The Kier molecular flexibility index (Phi) is 3.11. The molecule has 0 aliphatic heterocycles. The van der Waals surface area contributed by atoms with Crippen molar-refractivity contribution in [1.29, 1.82) is 0 Å². The van der Waals surface area contributed by atoms with Crippen LogP contribution in [0.2, 0.25) is 5.02 Å². The minimum absolute atomic E-state index is 0.265. The molecule has 0 amide bonds. The van der Waals surface area contributed by atoms with Gasteiger partial charge in [0.2, 0.25) is 0 Å². The number of hydrogen-bond donors (Lipinski definition) is 0. The molecule has 20 heavy (non-hydrogen) atoms. The molecule has 1 aliphatic carbocycles. The van der Waals surface area contributed by atoms with E-state index in [1.165, 1.54) is 0 Å². The van der Waals surface area contributed by atoms with E-state index in [4.69, 9.17) is 28.2 Å². The summed E-state index contributed by atoms with van der Waals surface area (Å²) in [5.74, 6) is 1.66. The number of nitrogens with zero attached hydrogens (tertiary/aromatic N) is 2. The van der Waals surface area contributed by atoms with Crippen molar-refractivity contribution >= 4 is 34.2 Å². The van der Waals surface area contributed by atoms with Crippen molar-refractivity contribution in [2.75, 3.05) is 5.88 Å². The fourth-order valence-corrected chi connectivity index (χ4v) is 3.81. The highest BCUT2D eigenvalue weighted by Crippen LogP contribution is 2.72. The third kappa shape index (κ3) is 1.81. The van der Waals surface area contributed by atoms with Gasteiger partial charge in [0.1, 0.15) is 5.82 Å². The van der Waals surface area contributed by atoms with Gasteiger partial charge in [0.25, 0.3) is 0 Å². The quantitative estimate of drug-likeness (QED) is 0.723. The number of rotatable bonds is 3. The first-order chi connectivity index (χ1) is 9.30. The Bertz CT molecular complexity index is 656. The first-order valence-electron chi connectivity index (χ1n) is 7.03. The molecular weight excluding hydrogens is 291 g/mol. The summed E-state index contributed by atoms with van der Waals surface area (Å²) in [7, 11) is 0. The molecule has 1 aliphatic rings. The van der Waals surface area contributed by atoms with Crippen molar-refractivity contribution in [3.05, 3.63) is 29.0 Å². The fourth-order valence-electron chi connectivity index (χ4n) is 3.48. The fraction of sp³-hybridized carbons (Fsp3) is 0.562. The largest absolute Gasteiger partial charge is 0.324 e. The zero-order valence-electron chi connectivity index (χ0n) is 12.4. The van der Waals surface area contributed by atoms with Crippen LogP contribution in [0.15, 0.2) is 18.2 Å². The number of aromatic nitrogens is 2. The van der Waals surface area contributed by atoms with Crippen LogP contribution < -0.4 is 0 Å². The van der Waals surface area contributed by atoms with Crippen molar-refractivity contribution in [2.24, 2.45) is 10.8 Å². The number of halogens is 2. The molecule has 4 heteroatoms. The van der Waals surface area contributed by atoms with Gasteiger partial charge in [-0.3, -0.25) is 0 Å². The van der Waals surface area contributed by atoms with Gasteiger partial charge in [-0.15, -0.1) is 11.6 Å². The average Bonchev–Trinajstić information content (AvgIpc) is 2.64. The maximum absolute atomic E-state index is 6.09. The second-order valence-corrected chi connectivity index (χ2v) is 7.63. The van der Waals surface area contributed by atoms with Gasteiger partial charge in [0.15, 0.2) is 0 Å². The summed E-state index contributed by atoms with van der Waals surface area (Å²) in [5.41, 5.74) is 2.66. The Balaban J connectivity index is 2.21. The summed E-state index contributed by atoms with van der Waals surface area (Å²) in [5, 5.41) is 0.730. The van der Waals surface area contributed by atoms with E-state index >= 15 is 0 Å². The number of aryl methyl sites for hydroxylation is 1. The van der Waals surface area contributed by atoms with E-state index in [1.54, 1.807) is 0 Å². The van der Waals surface area contributed by atoms with Crippen LogP contribution in [0, 0.1) is 10.8 Å². The minimum atomic E-state index is 0.265. The van der Waals surface area contributed by atoms with E-state index in [0.29, 0.717) is 11.9 Å². The van der Waals surface area contributed by atoms with Crippen LogP contribution in [0.3, 0.4) is 0 Å². The molecule has 0 saturated heterocycles. The number of benzene rings is 1. The van der Waals surface area contributed by atoms with Crippen molar-refractivity contribution in [3.8, 4) is 0 Å². The lowest BCUT2D eigenvalue weighted by Crippen LogP contribution is -2.07. The molecule has 108 valence electrons. The highest BCUT2D eigenvalue weighted by Gasteiger charge is 2.66. The van der Waals surface area contributed by atoms with Crippen LogP contribution in [-0.2, 0) is 6.42 Å². The molecule has 1 aromatic carbocycles. The standard InChI is InChI=1S/C16H20Cl2N2/c1-15(2)14(16(15,3)4)20-12-6-5-10(18)9-11(12)19-13(20)7-8-17/h5-6,9,14H,7-8H2,1-4H3. The van der Waals surface area contributed by atoms with E-state index in [9.17, 15) is 0 Å². The molecule has 1 saturated carbocycles. The Labute approximate surface area is 130 Å². The number of fused-ring (bicyclic) bond motifs is 1. The predicted molar refractivity (Wildman–Crippen MR) is 85.8 cm³/mol.